The monoisotopic (exact) mass is 280 g/mol. The number of hydrogen-bond acceptors (Lipinski definition) is 1. The van der Waals surface area contributed by atoms with Crippen LogP contribution in [0.5, 0.6) is 0 Å². The maximum atomic E-state index is 4.39. The van der Waals surface area contributed by atoms with E-state index >= 15 is 0 Å². The number of benzene rings is 1. The number of rotatable bonds is 2. The average Bonchev–Trinajstić information content (AvgIpc) is 2.88. The first-order valence-electron chi connectivity index (χ1n) is 7.06. The van der Waals surface area contributed by atoms with Crippen molar-refractivity contribution >= 4 is 0 Å². The molecule has 0 aliphatic heterocycles. The van der Waals surface area contributed by atoms with Gasteiger partial charge in [0.2, 0.25) is 0 Å². The van der Waals surface area contributed by atoms with E-state index in [0.29, 0.717) is 0 Å². The Kier molecular flexibility index (Phi) is 3.29. The van der Waals surface area contributed by atoms with Crippen molar-refractivity contribution in [3.63, 3.8) is 0 Å². The van der Waals surface area contributed by atoms with Crippen molar-refractivity contribution in [2.75, 3.05) is 0 Å². The van der Waals surface area contributed by atoms with E-state index in [2.05, 4.69) is 57.3 Å². The van der Waals surface area contributed by atoms with Gasteiger partial charge in [-0.25, -0.2) is 4.57 Å². The minimum Gasteiger partial charge on any atom is -0.200 e. The lowest BCUT2D eigenvalue weighted by Gasteiger charge is -2.11. The zero-order valence-electron chi connectivity index (χ0n) is 12.9. The normalized spacial score (nSPS) is 10.9. The van der Waals surface area contributed by atoms with Gasteiger partial charge in [0.25, 0.3) is 5.82 Å². The first kappa shape index (κ1) is 13.5. The molecule has 1 aromatic carbocycles. The summed E-state index contributed by atoms with van der Waals surface area (Å²) < 4.78 is 6.36. The van der Waals surface area contributed by atoms with E-state index in [-0.39, 0.29) is 0 Å². The largest absolute Gasteiger partial charge is 0.300 e. The topological polar surface area (TPSA) is 25.6 Å². The van der Waals surface area contributed by atoms with Gasteiger partial charge in [-0.15, -0.1) is 9.36 Å². The van der Waals surface area contributed by atoms with Crippen LogP contribution < -0.4 is 9.25 Å². The van der Waals surface area contributed by atoms with Crippen LogP contribution in [0.2, 0.25) is 0 Å². The molecule has 0 spiro atoms. The molecule has 0 bridgehead atoms. The van der Waals surface area contributed by atoms with Gasteiger partial charge in [-0.2, -0.15) is 0 Å². The van der Waals surface area contributed by atoms with Gasteiger partial charge in [0, 0.05) is 24.6 Å². The predicted molar refractivity (Wildman–Crippen MR) is 80.5 cm³/mol. The van der Waals surface area contributed by atoms with Gasteiger partial charge in [0.15, 0.2) is 13.2 Å². The fourth-order valence-electron chi connectivity index (χ4n) is 2.68. The van der Waals surface area contributed by atoms with Crippen LogP contribution in [0, 0.1) is 20.8 Å². The Morgan fingerprint density at radius 3 is 2.52 bits per heavy atom. The molecule has 0 unspecified atom stereocenters. The molecule has 0 fully saturated rings. The van der Waals surface area contributed by atoms with E-state index < -0.39 is 0 Å². The molecule has 106 valence electrons. The molecule has 0 atom stereocenters. The number of aromatic nitrogens is 4. The van der Waals surface area contributed by atoms with Gasteiger partial charge in [0.05, 0.1) is 6.20 Å². The van der Waals surface area contributed by atoms with Crippen LogP contribution in [0.25, 0.3) is 11.4 Å². The van der Waals surface area contributed by atoms with Gasteiger partial charge in [-0.3, -0.25) is 0 Å². The van der Waals surface area contributed by atoms with Crippen LogP contribution in [0.1, 0.15) is 17.0 Å². The maximum Gasteiger partial charge on any atom is 0.300 e. The summed E-state index contributed by atoms with van der Waals surface area (Å²) >= 11 is 0. The van der Waals surface area contributed by atoms with Crippen molar-refractivity contribution in [2.45, 2.75) is 20.8 Å². The van der Waals surface area contributed by atoms with Gasteiger partial charge in [-0.1, -0.05) is 4.98 Å². The molecule has 0 amide bonds. The molecule has 0 aliphatic carbocycles. The summed E-state index contributed by atoms with van der Waals surface area (Å²) in [6.07, 6.45) is 8.00. The second-order valence-corrected chi connectivity index (χ2v) is 5.37. The van der Waals surface area contributed by atoms with Crippen LogP contribution in [0.4, 0.5) is 0 Å². The molecule has 21 heavy (non-hydrogen) atoms. The van der Waals surface area contributed by atoms with Crippen molar-refractivity contribution in [1.82, 2.24) is 9.67 Å². The highest BCUT2D eigenvalue weighted by molar-refractivity contribution is 5.50. The molecular formula is C17H20N4+2. The molecule has 0 aliphatic rings. The summed E-state index contributed by atoms with van der Waals surface area (Å²) in [6, 6.07) is 8.43. The van der Waals surface area contributed by atoms with E-state index in [1.54, 1.807) is 0 Å². The molecule has 0 N–H and O–H groups in total. The lowest BCUT2D eigenvalue weighted by Crippen LogP contribution is -2.39. The molecule has 3 rings (SSSR count). The Bertz CT molecular complexity index is 802. The first-order valence-corrected chi connectivity index (χ1v) is 7.06. The van der Waals surface area contributed by atoms with E-state index in [0.717, 1.165) is 5.82 Å². The third kappa shape index (κ3) is 2.33. The van der Waals surface area contributed by atoms with Crippen LogP contribution in [0.3, 0.4) is 0 Å². The van der Waals surface area contributed by atoms with Gasteiger partial charge in [0.1, 0.15) is 23.8 Å². The van der Waals surface area contributed by atoms with Crippen molar-refractivity contribution in [3.8, 4) is 11.4 Å². The average molecular weight is 280 g/mol. The second kappa shape index (κ2) is 5.13. The van der Waals surface area contributed by atoms with Gasteiger partial charge in [-0.05, 0) is 31.5 Å². The highest BCUT2D eigenvalue weighted by atomic mass is 15.4. The fraction of sp³-hybridized carbons (Fsp3) is 0.235. The van der Waals surface area contributed by atoms with Crippen molar-refractivity contribution in [2.24, 2.45) is 7.05 Å². The molecule has 0 saturated heterocycles. The quantitative estimate of drug-likeness (QED) is 0.658. The lowest BCUT2D eigenvalue weighted by atomic mass is 10.1. The summed E-state index contributed by atoms with van der Waals surface area (Å²) in [7, 11) is 2.05. The minimum absolute atomic E-state index is 0.981. The Morgan fingerprint density at radius 1 is 1.05 bits per heavy atom. The smallest absolute Gasteiger partial charge is 0.200 e. The highest BCUT2D eigenvalue weighted by Crippen LogP contribution is 2.20. The second-order valence-electron chi connectivity index (χ2n) is 5.37. The molecule has 2 aromatic heterocycles. The molecule has 2 heterocycles. The zero-order chi connectivity index (χ0) is 15.0. The summed E-state index contributed by atoms with van der Waals surface area (Å²) in [6.45, 7) is 6.31. The number of hydrogen-bond donors (Lipinski definition) is 0. The summed E-state index contributed by atoms with van der Waals surface area (Å²) in [5, 5.41) is 0. The van der Waals surface area contributed by atoms with Crippen LogP contribution >= 0.6 is 0 Å². The number of aryl methyl sites for hydroxylation is 3. The van der Waals surface area contributed by atoms with Crippen molar-refractivity contribution in [1.29, 1.82) is 0 Å². The van der Waals surface area contributed by atoms with E-state index in [1.165, 1.54) is 22.5 Å². The standard InChI is InChI=1S/C17H20N4/c1-13-11-16(20-9-5-7-18-15(20)3)14(2)17(12-13)21-10-6-8-19(21)4/h5-12H,1-4H3/q+2. The Hall–Kier alpha value is -2.49. The molecule has 3 aromatic rings. The first-order chi connectivity index (χ1) is 10.1. The third-order valence-electron chi connectivity index (χ3n) is 3.80. The van der Waals surface area contributed by atoms with Crippen LogP contribution in [-0.2, 0) is 7.05 Å². The van der Waals surface area contributed by atoms with Crippen LogP contribution in [-0.4, -0.2) is 9.67 Å². The number of nitrogens with zero attached hydrogens (tertiary/aromatic N) is 4. The predicted octanol–water partition coefficient (Wildman–Crippen LogP) is 1.90. The highest BCUT2D eigenvalue weighted by Gasteiger charge is 2.18. The Morgan fingerprint density at radius 2 is 1.86 bits per heavy atom. The third-order valence-corrected chi connectivity index (χ3v) is 3.80. The molecule has 4 heteroatoms. The molecule has 0 radical (unpaired) electrons. The SMILES string of the molecule is Cc1cc(-n2ccc[n+]2C)c(C)c(-[n+]2cccnc2C)c1. The molecule has 4 nitrogen and oxygen atoms in total. The lowest BCUT2D eigenvalue weighted by molar-refractivity contribution is -0.744. The Labute approximate surface area is 124 Å². The van der Waals surface area contributed by atoms with Crippen molar-refractivity contribution < 1.29 is 9.25 Å². The van der Waals surface area contributed by atoms with E-state index in [4.69, 9.17) is 0 Å². The molecule has 0 saturated carbocycles. The zero-order valence-corrected chi connectivity index (χ0v) is 12.9. The summed E-state index contributed by atoms with van der Waals surface area (Å²) in [5.74, 6) is 0.981. The minimum atomic E-state index is 0.981. The van der Waals surface area contributed by atoms with E-state index in [9.17, 15) is 0 Å². The van der Waals surface area contributed by atoms with E-state index in [1.807, 2.05) is 38.5 Å². The fourth-order valence-corrected chi connectivity index (χ4v) is 2.68. The molecular weight excluding hydrogens is 260 g/mol. The maximum absolute atomic E-state index is 4.39. The van der Waals surface area contributed by atoms with Gasteiger partial charge >= 0.3 is 0 Å². The summed E-state index contributed by atoms with van der Waals surface area (Å²) in [4.78, 5) is 4.39. The Balaban J connectivity index is 2.27. The van der Waals surface area contributed by atoms with Crippen molar-refractivity contribution in [3.05, 3.63) is 66.0 Å². The van der Waals surface area contributed by atoms with Crippen LogP contribution in [0.15, 0.2) is 49.1 Å². The van der Waals surface area contributed by atoms with Gasteiger partial charge < -0.3 is 0 Å². The summed E-state index contributed by atoms with van der Waals surface area (Å²) in [5.41, 5.74) is 4.82.